The van der Waals surface area contributed by atoms with Gasteiger partial charge < -0.3 is 15.7 Å². The van der Waals surface area contributed by atoms with E-state index < -0.39 is 17.4 Å². The van der Waals surface area contributed by atoms with E-state index in [-0.39, 0.29) is 18.1 Å². The second-order valence-corrected chi connectivity index (χ2v) is 7.49. The smallest absolute Gasteiger partial charge is 0.309 e. The lowest BCUT2D eigenvalue weighted by Gasteiger charge is -2.47. The molecule has 2 aliphatic carbocycles. The molecule has 0 saturated heterocycles. The summed E-state index contributed by atoms with van der Waals surface area (Å²) in [7, 11) is 0. The van der Waals surface area contributed by atoms with Crippen LogP contribution in [0.25, 0.3) is 0 Å². The fourth-order valence-corrected chi connectivity index (χ4v) is 3.77. The Kier molecular flexibility index (Phi) is 4.09. The number of hydrogen-bond acceptors (Lipinski definition) is 3. The Hall–Kier alpha value is -1.10. The molecular weight excluding hydrogens is 256 g/mol. The first-order valence-corrected chi connectivity index (χ1v) is 7.49. The van der Waals surface area contributed by atoms with Gasteiger partial charge >= 0.3 is 11.8 Å². The van der Waals surface area contributed by atoms with Crippen LogP contribution in [0.15, 0.2) is 0 Å². The molecule has 2 fully saturated rings. The lowest BCUT2D eigenvalue weighted by Crippen LogP contribution is -2.59. The SMILES string of the molecule is C[C@H]1CC(C)(C)C[C@](CO)(NC(=O)C(=O)NC2CC2)C1. The van der Waals surface area contributed by atoms with E-state index in [2.05, 4.69) is 31.4 Å². The molecule has 0 unspecified atom stereocenters. The predicted octanol–water partition coefficient (Wildman–Crippen LogP) is 0.958. The van der Waals surface area contributed by atoms with Crippen molar-refractivity contribution in [2.75, 3.05) is 6.61 Å². The molecule has 0 heterocycles. The van der Waals surface area contributed by atoms with Gasteiger partial charge in [0.25, 0.3) is 0 Å². The number of carbonyl (C=O) groups is 2. The van der Waals surface area contributed by atoms with E-state index in [9.17, 15) is 14.7 Å². The fraction of sp³-hybridized carbons (Fsp3) is 0.867. The molecule has 0 aliphatic heterocycles. The van der Waals surface area contributed by atoms with Gasteiger partial charge in [-0.3, -0.25) is 9.59 Å². The first kappa shape index (κ1) is 15.3. The van der Waals surface area contributed by atoms with Crippen LogP contribution in [-0.4, -0.2) is 35.1 Å². The lowest BCUT2D eigenvalue weighted by atomic mass is 9.64. The summed E-state index contributed by atoms with van der Waals surface area (Å²) in [5.74, 6) is -0.773. The van der Waals surface area contributed by atoms with Crippen LogP contribution in [0.2, 0.25) is 0 Å². The summed E-state index contributed by atoms with van der Waals surface area (Å²) in [6.07, 6.45) is 4.39. The Morgan fingerprint density at radius 3 is 2.35 bits per heavy atom. The van der Waals surface area contributed by atoms with Gasteiger partial charge in [0.1, 0.15) is 0 Å². The Labute approximate surface area is 120 Å². The molecule has 2 aliphatic rings. The Balaban J connectivity index is 2.02. The Morgan fingerprint density at radius 2 is 1.85 bits per heavy atom. The highest BCUT2D eigenvalue weighted by Gasteiger charge is 2.44. The molecule has 0 aromatic heterocycles. The van der Waals surface area contributed by atoms with Crippen LogP contribution in [0.4, 0.5) is 0 Å². The van der Waals surface area contributed by atoms with Gasteiger partial charge in [0.15, 0.2) is 0 Å². The van der Waals surface area contributed by atoms with Crippen molar-refractivity contribution in [2.24, 2.45) is 11.3 Å². The largest absolute Gasteiger partial charge is 0.394 e. The van der Waals surface area contributed by atoms with E-state index in [4.69, 9.17) is 0 Å². The van der Waals surface area contributed by atoms with Gasteiger partial charge in [0, 0.05) is 6.04 Å². The van der Waals surface area contributed by atoms with Crippen molar-refractivity contribution in [1.29, 1.82) is 0 Å². The normalized spacial score (nSPS) is 32.5. The summed E-state index contributed by atoms with van der Waals surface area (Å²) < 4.78 is 0. The molecule has 2 amide bonds. The zero-order valence-corrected chi connectivity index (χ0v) is 12.7. The van der Waals surface area contributed by atoms with E-state index >= 15 is 0 Å². The number of aliphatic hydroxyl groups excluding tert-OH is 1. The topological polar surface area (TPSA) is 78.4 Å². The molecule has 0 spiro atoms. The summed E-state index contributed by atoms with van der Waals surface area (Å²) in [6.45, 7) is 6.29. The van der Waals surface area contributed by atoms with Gasteiger partial charge in [-0.05, 0) is 43.4 Å². The predicted molar refractivity (Wildman–Crippen MR) is 75.9 cm³/mol. The van der Waals surface area contributed by atoms with Crippen molar-refractivity contribution in [3.8, 4) is 0 Å². The number of carbonyl (C=O) groups excluding carboxylic acids is 2. The molecule has 5 heteroatoms. The third-order valence-electron chi connectivity index (χ3n) is 4.26. The van der Waals surface area contributed by atoms with Crippen molar-refractivity contribution in [3.05, 3.63) is 0 Å². The first-order valence-electron chi connectivity index (χ1n) is 7.49. The number of aliphatic hydroxyl groups is 1. The summed E-state index contributed by atoms with van der Waals surface area (Å²) in [4.78, 5) is 23.8. The molecule has 2 rings (SSSR count). The molecule has 5 nitrogen and oxygen atoms in total. The van der Waals surface area contributed by atoms with Crippen molar-refractivity contribution in [2.45, 2.75) is 64.5 Å². The summed E-state index contributed by atoms with van der Waals surface area (Å²) >= 11 is 0. The molecule has 114 valence electrons. The van der Waals surface area contributed by atoms with Crippen molar-refractivity contribution in [1.82, 2.24) is 10.6 Å². The van der Waals surface area contributed by atoms with Gasteiger partial charge in [-0.25, -0.2) is 0 Å². The lowest BCUT2D eigenvalue weighted by molar-refractivity contribution is -0.141. The third kappa shape index (κ3) is 3.72. The minimum Gasteiger partial charge on any atom is -0.394 e. The summed E-state index contributed by atoms with van der Waals surface area (Å²) in [5, 5.41) is 15.3. The molecule has 0 radical (unpaired) electrons. The van der Waals surface area contributed by atoms with Gasteiger partial charge in [0.05, 0.1) is 12.1 Å². The van der Waals surface area contributed by atoms with Crippen molar-refractivity contribution >= 4 is 11.8 Å². The Morgan fingerprint density at radius 1 is 1.20 bits per heavy atom. The molecule has 20 heavy (non-hydrogen) atoms. The van der Waals surface area contributed by atoms with E-state index in [0.717, 1.165) is 25.7 Å². The van der Waals surface area contributed by atoms with Crippen LogP contribution in [0.1, 0.15) is 52.9 Å². The van der Waals surface area contributed by atoms with E-state index in [0.29, 0.717) is 12.3 Å². The number of nitrogens with one attached hydrogen (secondary N) is 2. The Bertz CT molecular complexity index is 404. The van der Waals surface area contributed by atoms with Crippen molar-refractivity contribution < 1.29 is 14.7 Å². The molecule has 2 saturated carbocycles. The molecule has 0 bridgehead atoms. The maximum Gasteiger partial charge on any atom is 0.309 e. The van der Waals surface area contributed by atoms with Crippen LogP contribution in [-0.2, 0) is 9.59 Å². The molecule has 3 N–H and O–H groups in total. The fourth-order valence-electron chi connectivity index (χ4n) is 3.77. The average molecular weight is 282 g/mol. The summed E-state index contributed by atoms with van der Waals surface area (Å²) in [5.41, 5.74) is -0.611. The zero-order chi connectivity index (χ0) is 15.0. The van der Waals surface area contributed by atoms with Gasteiger partial charge in [-0.15, -0.1) is 0 Å². The number of hydrogen-bond donors (Lipinski definition) is 3. The molecule has 2 atom stereocenters. The highest BCUT2D eigenvalue weighted by atomic mass is 16.3. The minimum atomic E-state index is -0.668. The van der Waals surface area contributed by atoms with Crippen molar-refractivity contribution in [3.63, 3.8) is 0 Å². The molecule has 0 aromatic carbocycles. The van der Waals surface area contributed by atoms with E-state index in [1.165, 1.54) is 0 Å². The van der Waals surface area contributed by atoms with Crippen LogP contribution in [0.3, 0.4) is 0 Å². The van der Waals surface area contributed by atoms with Crippen LogP contribution < -0.4 is 10.6 Å². The zero-order valence-electron chi connectivity index (χ0n) is 12.7. The average Bonchev–Trinajstić information content (AvgIpc) is 3.09. The monoisotopic (exact) mass is 282 g/mol. The van der Waals surface area contributed by atoms with E-state index in [1.807, 2.05) is 0 Å². The third-order valence-corrected chi connectivity index (χ3v) is 4.26. The second-order valence-electron chi connectivity index (χ2n) is 7.49. The maximum absolute atomic E-state index is 12.0. The van der Waals surface area contributed by atoms with Crippen LogP contribution >= 0.6 is 0 Å². The molecule has 0 aromatic rings. The standard InChI is InChI=1S/C15H26N2O3/c1-10-6-14(2,3)8-15(7-10,9-18)17-13(20)12(19)16-11-4-5-11/h10-11,18H,4-9H2,1-3H3,(H,16,19)(H,17,20)/t10-,15+/m0/s1. The van der Waals surface area contributed by atoms with Crippen LogP contribution in [0.5, 0.6) is 0 Å². The highest BCUT2D eigenvalue weighted by Crippen LogP contribution is 2.43. The van der Waals surface area contributed by atoms with Gasteiger partial charge in [-0.2, -0.15) is 0 Å². The minimum absolute atomic E-state index is 0.0562. The van der Waals surface area contributed by atoms with Gasteiger partial charge in [-0.1, -0.05) is 20.8 Å². The number of rotatable bonds is 3. The summed E-state index contributed by atoms with van der Waals surface area (Å²) in [6, 6.07) is 0.167. The maximum atomic E-state index is 12.0. The first-order chi connectivity index (χ1) is 9.25. The second kappa shape index (κ2) is 5.35. The van der Waals surface area contributed by atoms with Crippen LogP contribution in [0, 0.1) is 11.3 Å². The molecular formula is C15H26N2O3. The van der Waals surface area contributed by atoms with Gasteiger partial charge in [0.2, 0.25) is 0 Å². The number of amides is 2. The van der Waals surface area contributed by atoms with E-state index in [1.54, 1.807) is 0 Å². The highest BCUT2D eigenvalue weighted by molar-refractivity contribution is 6.35. The quantitative estimate of drug-likeness (QED) is 0.675.